The number of nitrogens with zero attached hydrogens (tertiary/aromatic N) is 1. The van der Waals surface area contributed by atoms with Crippen molar-refractivity contribution in [2.24, 2.45) is 10.4 Å². The highest BCUT2D eigenvalue weighted by Crippen LogP contribution is 2.43. The number of nitrogens with one attached hydrogen (secondary N) is 2. The predicted octanol–water partition coefficient (Wildman–Crippen LogP) is 9.67. The molecule has 1 aliphatic heterocycles. The van der Waals surface area contributed by atoms with Gasteiger partial charge in [-0.15, -0.1) is 0 Å². The number of fused-ring (bicyclic) bond motifs is 2. The van der Waals surface area contributed by atoms with Gasteiger partial charge in [0, 0.05) is 52.1 Å². The number of sulfonamides is 1. The second-order valence-corrected chi connectivity index (χ2v) is 15.6. The molecular weight excluding hydrogens is 671 g/mol. The Labute approximate surface area is 306 Å². The maximum absolute atomic E-state index is 13.9. The lowest BCUT2D eigenvalue weighted by Gasteiger charge is -2.21. The maximum atomic E-state index is 13.9. The summed E-state index contributed by atoms with van der Waals surface area (Å²) in [6.45, 7) is 13.6. The molecule has 0 aromatic heterocycles. The minimum absolute atomic E-state index is 0.0651. The zero-order chi connectivity index (χ0) is 37.2. The normalized spacial score (nSPS) is 12.4. The Kier molecular flexibility index (Phi) is 10.4. The second-order valence-electron chi connectivity index (χ2n) is 13.9. The van der Waals surface area contributed by atoms with Crippen molar-refractivity contribution in [3.8, 4) is 22.5 Å². The summed E-state index contributed by atoms with van der Waals surface area (Å²) >= 11 is 0. The zero-order valence-electron chi connectivity index (χ0n) is 30.8. The van der Waals surface area contributed by atoms with Crippen LogP contribution in [-0.2, 0) is 19.6 Å². The summed E-state index contributed by atoms with van der Waals surface area (Å²) in [5, 5.41) is 5.02. The van der Waals surface area contributed by atoms with E-state index in [1.807, 2.05) is 93.6 Å². The second kappa shape index (κ2) is 14.8. The molecule has 52 heavy (non-hydrogen) atoms. The van der Waals surface area contributed by atoms with Crippen LogP contribution in [0.1, 0.15) is 49.4 Å². The van der Waals surface area contributed by atoms with Gasteiger partial charge in [0.05, 0.1) is 21.4 Å². The van der Waals surface area contributed by atoms with Crippen molar-refractivity contribution in [1.82, 2.24) is 4.72 Å². The first-order chi connectivity index (χ1) is 24.8. The first-order valence-electron chi connectivity index (χ1n) is 17.5. The van der Waals surface area contributed by atoms with Crippen LogP contribution in [0.5, 0.6) is 0 Å². The van der Waals surface area contributed by atoms with E-state index in [4.69, 9.17) is 14.1 Å². The third kappa shape index (κ3) is 7.52. The van der Waals surface area contributed by atoms with Crippen molar-refractivity contribution >= 4 is 44.0 Å². The molecule has 1 aliphatic carbocycles. The number of carbonyl (C=O) groups is 1. The van der Waals surface area contributed by atoms with Gasteiger partial charge in [0.15, 0.2) is 0 Å². The van der Waals surface area contributed by atoms with Gasteiger partial charge in [0.1, 0.15) is 18.0 Å². The third-order valence-electron chi connectivity index (χ3n) is 9.65. The predicted molar refractivity (Wildman–Crippen MR) is 209 cm³/mol. The highest BCUT2D eigenvalue weighted by Gasteiger charge is 2.28. The Morgan fingerprint density at radius 1 is 0.808 bits per heavy atom. The molecule has 4 aromatic carbocycles. The van der Waals surface area contributed by atoms with E-state index in [-0.39, 0.29) is 24.0 Å². The number of anilines is 2. The van der Waals surface area contributed by atoms with Gasteiger partial charge in [-0.3, -0.25) is 4.79 Å². The van der Waals surface area contributed by atoms with Crippen molar-refractivity contribution in [2.75, 3.05) is 18.5 Å². The Hall–Kier alpha value is -5.25. The van der Waals surface area contributed by atoms with E-state index >= 15 is 0 Å². The van der Waals surface area contributed by atoms with Crippen LogP contribution in [0.4, 0.5) is 17.1 Å². The molecule has 8 nitrogen and oxygen atoms in total. The first-order valence-corrected chi connectivity index (χ1v) is 19.0. The van der Waals surface area contributed by atoms with Crippen LogP contribution in [0.15, 0.2) is 111 Å². The van der Waals surface area contributed by atoms with Crippen molar-refractivity contribution in [3.05, 3.63) is 125 Å². The van der Waals surface area contributed by atoms with E-state index in [0.29, 0.717) is 34.2 Å². The summed E-state index contributed by atoms with van der Waals surface area (Å²) in [5.74, 6) is 0.195. The van der Waals surface area contributed by atoms with E-state index in [1.54, 1.807) is 26.0 Å². The Morgan fingerprint density at radius 3 is 2.17 bits per heavy atom. The van der Waals surface area contributed by atoms with E-state index < -0.39 is 15.4 Å². The molecule has 1 heterocycles. The van der Waals surface area contributed by atoms with Gasteiger partial charge >= 0.3 is 5.97 Å². The summed E-state index contributed by atoms with van der Waals surface area (Å²) in [4.78, 5) is 17.6. The number of ether oxygens (including phenoxy) is 1. The zero-order valence-corrected chi connectivity index (χ0v) is 31.6. The monoisotopic (exact) mass is 715 g/mol. The number of esters is 1. The van der Waals surface area contributed by atoms with Crippen LogP contribution in [0.25, 0.3) is 33.4 Å². The Bertz CT molecular complexity index is 2410. The number of aryl methyl sites for hydroxylation is 4. The quantitative estimate of drug-likeness (QED) is 0.0786. The van der Waals surface area contributed by atoms with E-state index in [9.17, 15) is 13.2 Å². The molecule has 0 spiro atoms. The van der Waals surface area contributed by atoms with Gasteiger partial charge in [0.2, 0.25) is 10.0 Å². The summed E-state index contributed by atoms with van der Waals surface area (Å²) in [6.07, 6.45) is 0.612. The fraction of sp³-hybridized carbons (Fsp3) is 0.256. The molecule has 0 fully saturated rings. The summed E-state index contributed by atoms with van der Waals surface area (Å²) in [6, 6.07) is 30.8. The minimum atomic E-state index is -4.03. The molecule has 0 radical (unpaired) electrons. The molecule has 4 aromatic rings. The molecule has 0 amide bonds. The average molecular weight is 716 g/mol. The number of hydrogen-bond acceptors (Lipinski definition) is 7. The summed E-state index contributed by atoms with van der Waals surface area (Å²) < 4.78 is 42.6. The van der Waals surface area contributed by atoms with Crippen molar-refractivity contribution in [1.29, 1.82) is 0 Å². The molecule has 0 unspecified atom stereocenters. The molecule has 6 rings (SSSR count). The lowest BCUT2D eigenvalue weighted by Crippen LogP contribution is -2.31. The van der Waals surface area contributed by atoms with Gasteiger partial charge in [-0.2, -0.15) is 0 Å². The average Bonchev–Trinajstić information content (AvgIpc) is 3.12. The topological polar surface area (TPSA) is 110 Å². The fourth-order valence-electron chi connectivity index (χ4n) is 6.23. The van der Waals surface area contributed by atoms with Crippen molar-refractivity contribution < 1.29 is 22.4 Å². The highest BCUT2D eigenvalue weighted by atomic mass is 32.2. The number of para-hydroxylation sites is 2. The summed E-state index contributed by atoms with van der Waals surface area (Å²) in [5.41, 5.74) is 9.00. The van der Waals surface area contributed by atoms with Crippen LogP contribution in [0.3, 0.4) is 0 Å². The van der Waals surface area contributed by atoms with Crippen molar-refractivity contribution in [3.63, 3.8) is 0 Å². The highest BCUT2D eigenvalue weighted by molar-refractivity contribution is 7.89. The minimum Gasteiger partial charge on any atom is -0.464 e. The largest absolute Gasteiger partial charge is 0.464 e. The Balaban J connectivity index is 1.48. The third-order valence-corrected chi connectivity index (χ3v) is 11.2. The van der Waals surface area contributed by atoms with Crippen LogP contribution >= 0.6 is 0 Å². The standard InChI is InChI=1S/C43H45N3O5S/c1-8-43(6,7)42(47)50-24-23-44-52(48,49)38-18-10-9-17-35(38)39-33-21-19-31(45-40-27(2)13-11-14-28(40)3)25-36(33)51-37-26-32(20-22-34(37)39)46-41-29(4)15-12-16-30(41)5/h9-22,25-26,44-45H,8,23-24H2,1-7H3/b46-32+. The molecular formula is C43H45N3O5S. The van der Waals surface area contributed by atoms with Crippen LogP contribution in [0.2, 0.25) is 0 Å². The van der Waals surface area contributed by atoms with E-state index in [0.717, 1.165) is 50.3 Å². The molecule has 0 atom stereocenters. The smallest absolute Gasteiger partial charge is 0.311 e. The van der Waals surface area contributed by atoms with Crippen LogP contribution < -0.4 is 15.4 Å². The van der Waals surface area contributed by atoms with Gasteiger partial charge in [-0.1, -0.05) is 61.5 Å². The SMILES string of the molecule is CCC(C)(C)C(=O)OCCNS(=O)(=O)c1ccccc1-c1c2cc/c(=N\c3c(C)cccc3C)cc-2oc2cc(Nc3c(C)cccc3C)ccc12. The fourth-order valence-corrected chi connectivity index (χ4v) is 7.45. The van der Waals surface area contributed by atoms with E-state index in [1.165, 1.54) is 0 Å². The van der Waals surface area contributed by atoms with Crippen molar-refractivity contribution in [2.45, 2.75) is 59.8 Å². The lowest BCUT2D eigenvalue weighted by atomic mass is 9.91. The number of rotatable bonds is 11. The van der Waals surface area contributed by atoms with Gasteiger partial charge in [-0.05, 0) is 101 Å². The van der Waals surface area contributed by atoms with Gasteiger partial charge in [0.25, 0.3) is 0 Å². The first kappa shape index (κ1) is 36.5. The van der Waals surface area contributed by atoms with Gasteiger partial charge < -0.3 is 14.5 Å². The van der Waals surface area contributed by atoms with E-state index in [2.05, 4.69) is 36.0 Å². The number of hydrogen-bond donors (Lipinski definition) is 2. The molecule has 2 aliphatic rings. The maximum Gasteiger partial charge on any atom is 0.311 e. The van der Waals surface area contributed by atoms with Gasteiger partial charge in [-0.25, -0.2) is 18.1 Å². The molecule has 0 saturated carbocycles. The molecule has 9 heteroatoms. The lowest BCUT2D eigenvalue weighted by molar-refractivity contribution is -0.153. The number of carbonyl (C=O) groups excluding carboxylic acids is 1. The molecule has 268 valence electrons. The molecule has 0 saturated heterocycles. The van der Waals surface area contributed by atoms with Crippen LogP contribution in [0, 0.1) is 33.1 Å². The van der Waals surface area contributed by atoms with Crippen LogP contribution in [-0.4, -0.2) is 27.5 Å². The number of benzene rings is 5. The Morgan fingerprint density at radius 2 is 1.48 bits per heavy atom. The molecule has 0 bridgehead atoms. The molecule has 2 N–H and O–H groups in total. The summed E-state index contributed by atoms with van der Waals surface area (Å²) in [7, 11) is -4.03.